The van der Waals surface area contributed by atoms with E-state index < -0.39 is 0 Å². The van der Waals surface area contributed by atoms with E-state index in [4.69, 9.17) is 5.73 Å². The summed E-state index contributed by atoms with van der Waals surface area (Å²) >= 11 is 7.56. The Morgan fingerprint density at radius 2 is 0.880 bits per heavy atom. The van der Waals surface area contributed by atoms with E-state index >= 15 is 0 Å². The summed E-state index contributed by atoms with van der Waals surface area (Å²) in [5.41, 5.74) is 4.71. The third-order valence-corrected chi connectivity index (χ3v) is 8.90. The van der Waals surface area contributed by atoms with E-state index in [0.717, 1.165) is 0 Å². The van der Waals surface area contributed by atoms with Gasteiger partial charge in [0.25, 0.3) is 0 Å². The molecule has 0 aliphatic carbocycles. The van der Waals surface area contributed by atoms with E-state index in [9.17, 15) is 0 Å². The number of rotatable bonds is 18. The van der Waals surface area contributed by atoms with Crippen molar-refractivity contribution in [2.75, 3.05) is 0 Å². The first kappa shape index (κ1) is 28.1. The van der Waals surface area contributed by atoms with Gasteiger partial charge in [-0.15, -0.1) is 12.6 Å². The van der Waals surface area contributed by atoms with Crippen LogP contribution in [-0.2, 0) is 17.1 Å². The normalized spacial score (nSPS) is 10.0. The molecule has 0 bridgehead atoms. The second-order valence-corrected chi connectivity index (χ2v) is 13.0. The van der Waals surface area contributed by atoms with Crippen molar-refractivity contribution in [1.29, 1.82) is 0 Å². The molecular formula is C21H45NS2Zn. The van der Waals surface area contributed by atoms with Crippen LogP contribution in [0.2, 0.25) is 10.0 Å². The van der Waals surface area contributed by atoms with Crippen molar-refractivity contribution in [3.05, 3.63) is 0 Å². The van der Waals surface area contributed by atoms with Crippen molar-refractivity contribution in [3.63, 3.8) is 0 Å². The third kappa shape index (κ3) is 36.5. The average Bonchev–Trinajstić information content (AvgIpc) is 2.57. The van der Waals surface area contributed by atoms with Gasteiger partial charge in [0.15, 0.2) is 0 Å². The van der Waals surface area contributed by atoms with Gasteiger partial charge in [0.1, 0.15) is 4.32 Å². The number of nitrogens with two attached hydrogens (primary N) is 1. The molecule has 0 rings (SSSR count). The van der Waals surface area contributed by atoms with Crippen molar-refractivity contribution in [1.82, 2.24) is 0 Å². The van der Waals surface area contributed by atoms with Crippen molar-refractivity contribution in [3.8, 4) is 0 Å². The zero-order chi connectivity index (χ0) is 19.0. The SMILES string of the molecule is CCCCCCCCC[CH2][Zn][CH2]CCCCCCCCC.NC(=S)S. The van der Waals surface area contributed by atoms with Gasteiger partial charge in [0, 0.05) is 0 Å². The Hall–Kier alpha value is 0.863. The van der Waals surface area contributed by atoms with Crippen LogP contribution in [0.4, 0.5) is 0 Å². The molecule has 0 aromatic rings. The number of unbranched alkanes of at least 4 members (excludes halogenated alkanes) is 14. The van der Waals surface area contributed by atoms with Crippen LogP contribution in [0.3, 0.4) is 0 Å². The van der Waals surface area contributed by atoms with Crippen LogP contribution >= 0.6 is 24.8 Å². The first-order chi connectivity index (χ1) is 12.1. The summed E-state index contributed by atoms with van der Waals surface area (Å²) < 4.78 is 0.194. The Bertz CT molecular complexity index is 228. The van der Waals surface area contributed by atoms with E-state index in [1.807, 2.05) is 0 Å². The third-order valence-electron chi connectivity index (χ3n) is 4.71. The Morgan fingerprint density at radius 3 is 1.16 bits per heavy atom. The first-order valence-electron chi connectivity index (χ1n) is 11.1. The Labute approximate surface area is 178 Å². The number of thiol groups is 1. The molecule has 0 aliphatic rings. The van der Waals surface area contributed by atoms with Crippen molar-refractivity contribution >= 4 is 29.2 Å². The van der Waals surface area contributed by atoms with Gasteiger partial charge in [0.05, 0.1) is 0 Å². The summed E-state index contributed by atoms with van der Waals surface area (Å²) in [7, 11) is 0. The van der Waals surface area contributed by atoms with Crippen LogP contribution in [-0.4, -0.2) is 4.32 Å². The molecule has 0 atom stereocenters. The molecule has 1 nitrogen and oxygen atoms in total. The Morgan fingerprint density at radius 1 is 0.640 bits per heavy atom. The van der Waals surface area contributed by atoms with Crippen LogP contribution in [0.1, 0.15) is 117 Å². The van der Waals surface area contributed by atoms with Crippen molar-refractivity contribution < 1.29 is 17.1 Å². The summed E-state index contributed by atoms with van der Waals surface area (Å²) in [5, 5.41) is 3.36. The van der Waals surface area contributed by atoms with E-state index in [1.54, 1.807) is 22.9 Å². The molecule has 0 aromatic heterocycles. The second kappa shape index (κ2) is 27.1. The fourth-order valence-electron chi connectivity index (χ4n) is 3.15. The molecule has 2 N–H and O–H groups in total. The molecule has 0 fully saturated rings. The molecule has 0 saturated carbocycles. The largest absolute Gasteiger partial charge is 0.385 e. The topological polar surface area (TPSA) is 26.0 Å². The molecule has 0 aromatic carbocycles. The van der Waals surface area contributed by atoms with Crippen molar-refractivity contribution in [2.45, 2.75) is 127 Å². The van der Waals surface area contributed by atoms with E-state index in [1.165, 1.54) is 89.9 Å². The first-order valence-corrected chi connectivity index (χ1v) is 16.2. The van der Waals surface area contributed by atoms with Crippen LogP contribution in [0, 0.1) is 0 Å². The van der Waals surface area contributed by atoms with E-state index in [2.05, 4.69) is 38.7 Å². The predicted molar refractivity (Wildman–Crippen MR) is 121 cm³/mol. The maximum absolute atomic E-state index is 4.71. The minimum Gasteiger partial charge on any atom is -0.385 e. The zero-order valence-corrected chi connectivity index (χ0v) is 22.0. The van der Waals surface area contributed by atoms with Crippen LogP contribution in [0.5, 0.6) is 0 Å². The molecule has 0 unspecified atom stereocenters. The molecule has 0 spiro atoms. The van der Waals surface area contributed by atoms with Gasteiger partial charge in [-0.3, -0.25) is 0 Å². The minimum atomic E-state index is -0.0953. The molecule has 0 heterocycles. The second-order valence-electron chi connectivity index (χ2n) is 7.35. The van der Waals surface area contributed by atoms with Gasteiger partial charge in [-0.2, -0.15) is 0 Å². The summed E-state index contributed by atoms with van der Waals surface area (Å²) in [6.45, 7) is 4.61. The maximum atomic E-state index is 4.71. The maximum Gasteiger partial charge on any atom is 0.128 e. The van der Waals surface area contributed by atoms with Gasteiger partial charge in [-0.05, 0) is 0 Å². The minimum absolute atomic E-state index is 0.0953. The molecule has 148 valence electrons. The van der Waals surface area contributed by atoms with Crippen LogP contribution in [0.25, 0.3) is 0 Å². The number of thiocarbonyl (C=S) groups is 1. The predicted octanol–water partition coefficient (Wildman–Crippen LogP) is 8.35. The van der Waals surface area contributed by atoms with Crippen molar-refractivity contribution in [2.24, 2.45) is 5.73 Å². The fraction of sp³-hybridized carbons (Fsp3) is 0.952. The average molecular weight is 441 g/mol. The van der Waals surface area contributed by atoms with E-state index in [0.29, 0.717) is 0 Å². The molecule has 0 saturated heterocycles. The molecular weight excluding hydrogens is 396 g/mol. The Kier molecular flexibility index (Phi) is 30.4. The van der Waals surface area contributed by atoms with Gasteiger partial charge in [0.2, 0.25) is 0 Å². The Balaban J connectivity index is 0. The summed E-state index contributed by atoms with van der Waals surface area (Å²) in [6.07, 6.45) is 23.9. The number of hydrogen-bond donors (Lipinski definition) is 2. The molecule has 0 aliphatic heterocycles. The molecule has 4 heteroatoms. The fourth-order valence-corrected chi connectivity index (χ4v) is 6.86. The van der Waals surface area contributed by atoms with Crippen LogP contribution < -0.4 is 5.73 Å². The van der Waals surface area contributed by atoms with Gasteiger partial charge >= 0.3 is 144 Å². The summed E-state index contributed by atoms with van der Waals surface area (Å²) in [5.74, 6) is 0. The molecule has 25 heavy (non-hydrogen) atoms. The standard InChI is InChI=1S/2C10H21.CH3NS2.Zn/c2*1-3-5-7-9-10-8-6-4-2;2-1(3)4;/h2*1,3-10H2,2H3;(H3,2,3,4);. The van der Waals surface area contributed by atoms with Gasteiger partial charge in [-0.25, -0.2) is 0 Å². The van der Waals surface area contributed by atoms with E-state index in [-0.39, 0.29) is 21.4 Å². The smallest absolute Gasteiger partial charge is 0.128 e. The van der Waals surface area contributed by atoms with Gasteiger partial charge in [-0.1, -0.05) is 12.2 Å². The monoisotopic (exact) mass is 439 g/mol. The van der Waals surface area contributed by atoms with Gasteiger partial charge < -0.3 is 5.73 Å². The quantitative estimate of drug-likeness (QED) is 0.0968. The zero-order valence-electron chi connectivity index (χ0n) is 17.4. The molecule has 0 amide bonds. The number of hydrogen-bond acceptors (Lipinski definition) is 1. The summed E-state index contributed by atoms with van der Waals surface area (Å²) in [4.78, 5) is 0. The van der Waals surface area contributed by atoms with Crippen LogP contribution in [0.15, 0.2) is 0 Å². The summed E-state index contributed by atoms with van der Waals surface area (Å²) in [6, 6.07) is 0. The molecule has 0 radical (unpaired) electrons.